The molecule has 0 fully saturated rings. The van der Waals surface area contributed by atoms with Crippen LogP contribution in [-0.2, 0) is 30.5 Å². The number of aryl methyl sites for hydroxylation is 4. The van der Waals surface area contributed by atoms with Gasteiger partial charge in [-0.2, -0.15) is 5.26 Å². The summed E-state index contributed by atoms with van der Waals surface area (Å²) >= 11 is 1.41. The molecule has 1 atom stereocenters. The van der Waals surface area contributed by atoms with E-state index in [1.54, 1.807) is 0 Å². The van der Waals surface area contributed by atoms with E-state index in [4.69, 9.17) is 4.98 Å². The van der Waals surface area contributed by atoms with Crippen molar-refractivity contribution in [3.05, 3.63) is 82.5 Å². The standard InChI is InChI=1S/C29H29N3OS/c1-20(34-28-24(19-30)18-23-12-4-2-3-5-13-25(23)31-28)29(33)32-26-14-8-6-10-21(26)16-17-22-11-7-9-15-27(22)32/h6-11,14-15,18,20H,2-5,12-13,16-17H2,1H3. The first-order chi connectivity index (χ1) is 16.7. The summed E-state index contributed by atoms with van der Waals surface area (Å²) in [7, 11) is 0. The highest BCUT2D eigenvalue weighted by Gasteiger charge is 2.30. The van der Waals surface area contributed by atoms with Gasteiger partial charge in [-0.25, -0.2) is 4.98 Å². The van der Waals surface area contributed by atoms with Gasteiger partial charge in [-0.1, -0.05) is 61.0 Å². The molecular formula is C29H29N3OS. The zero-order valence-corrected chi connectivity index (χ0v) is 20.4. The quantitative estimate of drug-likeness (QED) is 0.410. The number of thioether (sulfide) groups is 1. The van der Waals surface area contributed by atoms with Gasteiger partial charge in [0.05, 0.1) is 22.2 Å². The number of pyridine rings is 1. The number of amides is 1. The summed E-state index contributed by atoms with van der Waals surface area (Å²) in [5, 5.41) is 10.1. The number of hydrogen-bond donors (Lipinski definition) is 0. The van der Waals surface area contributed by atoms with E-state index in [1.165, 1.54) is 41.3 Å². The van der Waals surface area contributed by atoms with Crippen LogP contribution >= 0.6 is 11.8 Å². The lowest BCUT2D eigenvalue weighted by atomic mass is 9.96. The summed E-state index contributed by atoms with van der Waals surface area (Å²) in [6.45, 7) is 1.93. The number of anilines is 2. The average Bonchev–Trinajstić information content (AvgIpc) is 3.01. The van der Waals surface area contributed by atoms with Gasteiger partial charge in [0, 0.05) is 5.69 Å². The van der Waals surface area contributed by atoms with E-state index >= 15 is 0 Å². The Morgan fingerprint density at radius 1 is 0.912 bits per heavy atom. The number of aromatic nitrogens is 1. The van der Waals surface area contributed by atoms with Crippen LogP contribution in [0.3, 0.4) is 0 Å². The molecule has 1 amide bonds. The fourth-order valence-corrected chi connectivity index (χ4v) is 5.99. The van der Waals surface area contributed by atoms with E-state index < -0.39 is 0 Å². The van der Waals surface area contributed by atoms with Crippen LogP contribution in [0.4, 0.5) is 11.4 Å². The van der Waals surface area contributed by atoms with Gasteiger partial charge in [0.1, 0.15) is 11.1 Å². The van der Waals surface area contributed by atoms with Gasteiger partial charge >= 0.3 is 0 Å². The third kappa shape index (κ3) is 4.48. The van der Waals surface area contributed by atoms with E-state index in [-0.39, 0.29) is 11.2 Å². The number of hydrogen-bond acceptors (Lipinski definition) is 4. The fourth-order valence-electron chi connectivity index (χ4n) is 5.06. The molecule has 2 heterocycles. The Morgan fingerprint density at radius 3 is 2.18 bits per heavy atom. The van der Waals surface area contributed by atoms with Crippen molar-refractivity contribution < 1.29 is 4.79 Å². The second-order valence-corrected chi connectivity index (χ2v) is 10.5. The van der Waals surface area contributed by atoms with Crippen LogP contribution in [0.2, 0.25) is 0 Å². The molecule has 3 aromatic rings. The number of nitrogens with zero attached hydrogens (tertiary/aromatic N) is 3. The lowest BCUT2D eigenvalue weighted by Gasteiger charge is -2.27. The van der Waals surface area contributed by atoms with Crippen LogP contribution < -0.4 is 4.90 Å². The number of benzene rings is 2. The van der Waals surface area contributed by atoms with E-state index in [2.05, 4.69) is 18.2 Å². The summed E-state index contributed by atoms with van der Waals surface area (Å²) in [5.74, 6) is 0.0178. The van der Waals surface area contributed by atoms with Crippen molar-refractivity contribution in [1.82, 2.24) is 4.98 Å². The van der Waals surface area contributed by atoms with Crippen molar-refractivity contribution in [1.29, 1.82) is 5.26 Å². The second-order valence-electron chi connectivity index (χ2n) is 9.16. The Labute approximate surface area is 206 Å². The van der Waals surface area contributed by atoms with Gasteiger partial charge < -0.3 is 0 Å². The molecule has 0 bridgehead atoms. The molecule has 5 rings (SSSR count). The number of rotatable bonds is 3. The highest BCUT2D eigenvalue weighted by molar-refractivity contribution is 8.00. The predicted octanol–water partition coefficient (Wildman–Crippen LogP) is 6.56. The van der Waals surface area contributed by atoms with E-state index in [0.29, 0.717) is 10.6 Å². The average molecular weight is 468 g/mol. The Morgan fingerprint density at radius 2 is 1.53 bits per heavy atom. The van der Waals surface area contributed by atoms with Crippen LogP contribution in [0.5, 0.6) is 0 Å². The molecule has 172 valence electrons. The molecule has 2 aromatic carbocycles. The first-order valence-electron chi connectivity index (χ1n) is 12.2. The summed E-state index contributed by atoms with van der Waals surface area (Å²) < 4.78 is 0. The van der Waals surface area contributed by atoms with Crippen LogP contribution in [-0.4, -0.2) is 16.1 Å². The van der Waals surface area contributed by atoms with Gasteiger partial charge in [-0.3, -0.25) is 9.69 Å². The van der Waals surface area contributed by atoms with E-state index in [9.17, 15) is 10.1 Å². The lowest BCUT2D eigenvalue weighted by Crippen LogP contribution is -2.33. The third-order valence-corrected chi connectivity index (χ3v) is 7.96. The van der Waals surface area contributed by atoms with Gasteiger partial charge in [-0.15, -0.1) is 0 Å². The molecule has 4 nitrogen and oxygen atoms in total. The third-order valence-electron chi connectivity index (χ3n) is 6.87. The number of carbonyl (C=O) groups is 1. The highest BCUT2D eigenvalue weighted by Crippen LogP contribution is 2.38. The summed E-state index contributed by atoms with van der Waals surface area (Å²) in [6.07, 6.45) is 8.49. The zero-order valence-electron chi connectivity index (χ0n) is 19.6. The van der Waals surface area contributed by atoms with Crippen LogP contribution in [0.25, 0.3) is 0 Å². The molecule has 34 heavy (non-hydrogen) atoms. The minimum absolute atomic E-state index is 0.0178. The van der Waals surface area contributed by atoms with Crippen LogP contribution in [0, 0.1) is 11.3 Å². The van der Waals surface area contributed by atoms with Crippen molar-refractivity contribution in [2.45, 2.75) is 68.6 Å². The maximum Gasteiger partial charge on any atom is 0.244 e. The Hall–Kier alpha value is -3.10. The summed E-state index contributed by atoms with van der Waals surface area (Å²) in [6, 6.07) is 20.7. The normalized spacial score (nSPS) is 16.1. The largest absolute Gasteiger partial charge is 0.280 e. The van der Waals surface area contributed by atoms with Crippen LogP contribution in [0.1, 0.15) is 60.6 Å². The van der Waals surface area contributed by atoms with Crippen LogP contribution in [0.15, 0.2) is 59.6 Å². The minimum atomic E-state index is -0.384. The second kappa shape index (κ2) is 10.0. The molecule has 0 radical (unpaired) electrons. The molecule has 5 heteroatoms. The van der Waals surface area contributed by atoms with Gasteiger partial charge in [-0.05, 0) is 80.3 Å². The van der Waals surface area contributed by atoms with Crippen molar-refractivity contribution in [3.8, 4) is 6.07 Å². The van der Waals surface area contributed by atoms with Gasteiger partial charge in [0.25, 0.3) is 0 Å². The molecule has 0 saturated heterocycles. The van der Waals surface area contributed by atoms with Gasteiger partial charge in [0.2, 0.25) is 5.91 Å². The molecule has 1 aliphatic carbocycles. The summed E-state index contributed by atoms with van der Waals surface area (Å²) in [5.41, 5.74) is 7.16. The first kappa shape index (κ1) is 22.7. The monoisotopic (exact) mass is 467 g/mol. The molecule has 0 N–H and O–H groups in total. The number of carbonyl (C=O) groups excluding carboxylic acids is 1. The summed E-state index contributed by atoms with van der Waals surface area (Å²) in [4.78, 5) is 20.8. The maximum absolute atomic E-state index is 14.0. The Kier molecular flexibility index (Phi) is 6.69. The molecule has 2 aliphatic rings. The van der Waals surface area contributed by atoms with Gasteiger partial charge in [0.15, 0.2) is 0 Å². The molecular weight excluding hydrogens is 438 g/mol. The molecule has 1 unspecified atom stereocenters. The number of nitriles is 1. The lowest BCUT2D eigenvalue weighted by molar-refractivity contribution is -0.117. The Balaban J connectivity index is 1.49. The topological polar surface area (TPSA) is 57.0 Å². The Bertz CT molecular complexity index is 1210. The molecule has 1 aliphatic heterocycles. The SMILES string of the molecule is CC(Sc1nc2c(cc1C#N)CCCCCC2)C(=O)N1c2ccccc2CCc2ccccc21. The molecule has 0 spiro atoms. The van der Waals surface area contributed by atoms with E-state index in [1.807, 2.05) is 54.3 Å². The number of fused-ring (bicyclic) bond motifs is 3. The maximum atomic E-state index is 14.0. The van der Waals surface area contributed by atoms with Crippen molar-refractivity contribution in [3.63, 3.8) is 0 Å². The molecule has 0 saturated carbocycles. The minimum Gasteiger partial charge on any atom is -0.280 e. The van der Waals surface area contributed by atoms with Crippen molar-refractivity contribution >= 4 is 29.0 Å². The van der Waals surface area contributed by atoms with Crippen molar-refractivity contribution in [2.24, 2.45) is 0 Å². The zero-order chi connectivity index (χ0) is 23.5. The van der Waals surface area contributed by atoms with E-state index in [0.717, 1.165) is 55.6 Å². The molecule has 1 aromatic heterocycles. The smallest absolute Gasteiger partial charge is 0.244 e. The van der Waals surface area contributed by atoms with Crippen molar-refractivity contribution in [2.75, 3.05) is 4.90 Å². The number of para-hydroxylation sites is 2. The highest BCUT2D eigenvalue weighted by atomic mass is 32.2. The predicted molar refractivity (Wildman–Crippen MR) is 138 cm³/mol. The first-order valence-corrected chi connectivity index (χ1v) is 13.1. The fraction of sp³-hybridized carbons (Fsp3) is 0.345.